The zero-order valence-electron chi connectivity index (χ0n) is 9.71. The van der Waals surface area contributed by atoms with Crippen LogP contribution in [0.3, 0.4) is 0 Å². The summed E-state index contributed by atoms with van der Waals surface area (Å²) in [6, 6.07) is 8.32. The molecule has 0 saturated carbocycles. The van der Waals surface area contributed by atoms with Crippen LogP contribution in [0.2, 0.25) is 0 Å². The highest BCUT2D eigenvalue weighted by molar-refractivity contribution is 5.39. The van der Waals surface area contributed by atoms with Crippen molar-refractivity contribution in [1.82, 2.24) is 5.32 Å². The van der Waals surface area contributed by atoms with E-state index in [9.17, 15) is 0 Å². The molecule has 1 aliphatic heterocycles. The van der Waals surface area contributed by atoms with Crippen molar-refractivity contribution in [2.75, 3.05) is 13.2 Å². The van der Waals surface area contributed by atoms with E-state index in [0.717, 1.165) is 18.9 Å². The highest BCUT2D eigenvalue weighted by Crippen LogP contribution is 2.33. The molecule has 0 aliphatic carbocycles. The van der Waals surface area contributed by atoms with Crippen LogP contribution in [0.25, 0.3) is 0 Å². The van der Waals surface area contributed by atoms with Crippen LogP contribution >= 0.6 is 0 Å². The molecule has 2 nitrogen and oxygen atoms in total. The van der Waals surface area contributed by atoms with E-state index in [1.165, 1.54) is 5.56 Å². The van der Waals surface area contributed by atoms with Crippen LogP contribution < -0.4 is 10.1 Å². The van der Waals surface area contributed by atoms with Crippen molar-refractivity contribution >= 4 is 0 Å². The van der Waals surface area contributed by atoms with E-state index in [4.69, 9.17) is 4.74 Å². The van der Waals surface area contributed by atoms with E-state index >= 15 is 0 Å². The molecule has 1 N–H and O–H groups in total. The summed E-state index contributed by atoms with van der Waals surface area (Å²) >= 11 is 0. The third-order valence-corrected chi connectivity index (χ3v) is 2.68. The van der Waals surface area contributed by atoms with E-state index < -0.39 is 0 Å². The lowest BCUT2D eigenvalue weighted by Gasteiger charge is -2.22. The van der Waals surface area contributed by atoms with Gasteiger partial charge in [-0.25, -0.2) is 0 Å². The molecule has 15 heavy (non-hydrogen) atoms. The van der Waals surface area contributed by atoms with E-state index in [1.54, 1.807) is 0 Å². The first-order chi connectivity index (χ1) is 7.06. The minimum Gasteiger partial charge on any atom is -0.493 e. The van der Waals surface area contributed by atoms with Crippen LogP contribution in [0, 0.1) is 0 Å². The molecule has 2 rings (SSSR count). The normalized spacial score (nSPS) is 19.8. The second-order valence-corrected chi connectivity index (χ2v) is 5.18. The number of rotatable bonds is 2. The molecule has 1 aromatic carbocycles. The zero-order chi connectivity index (χ0) is 10.9. The summed E-state index contributed by atoms with van der Waals surface area (Å²) in [5, 5.41) is 3.52. The molecule has 82 valence electrons. The van der Waals surface area contributed by atoms with Gasteiger partial charge < -0.3 is 10.1 Å². The fraction of sp³-hybridized carbons (Fsp3) is 0.538. The number of ether oxygens (including phenoxy) is 1. The first-order valence-electron chi connectivity index (χ1n) is 5.53. The number of fused-ring (bicyclic) bond motifs is 1. The molecular weight excluding hydrogens is 186 g/mol. The number of nitrogens with one attached hydrogen (secondary N) is 1. The average Bonchev–Trinajstić information content (AvgIpc) is 2.57. The van der Waals surface area contributed by atoms with Crippen LogP contribution in [0.4, 0.5) is 0 Å². The number of hydrogen-bond donors (Lipinski definition) is 1. The van der Waals surface area contributed by atoms with Crippen molar-refractivity contribution in [2.24, 2.45) is 0 Å². The molecule has 2 heteroatoms. The van der Waals surface area contributed by atoms with Crippen molar-refractivity contribution in [3.05, 3.63) is 29.8 Å². The van der Waals surface area contributed by atoms with E-state index in [2.05, 4.69) is 38.2 Å². The molecule has 1 atom stereocenters. The van der Waals surface area contributed by atoms with Gasteiger partial charge in [-0.05, 0) is 26.8 Å². The van der Waals surface area contributed by atoms with Crippen molar-refractivity contribution in [1.29, 1.82) is 0 Å². The maximum Gasteiger partial charge on any atom is 0.122 e. The third-order valence-electron chi connectivity index (χ3n) is 2.68. The summed E-state index contributed by atoms with van der Waals surface area (Å²) in [5.74, 6) is 1.55. The van der Waals surface area contributed by atoms with Gasteiger partial charge in [0.05, 0.1) is 6.61 Å². The molecule has 0 bridgehead atoms. The Morgan fingerprint density at radius 3 is 2.80 bits per heavy atom. The van der Waals surface area contributed by atoms with Gasteiger partial charge >= 0.3 is 0 Å². The second kappa shape index (κ2) is 3.86. The molecule has 0 saturated heterocycles. The van der Waals surface area contributed by atoms with Crippen molar-refractivity contribution in [2.45, 2.75) is 32.2 Å². The minimum atomic E-state index is 0.178. The number of benzene rings is 1. The van der Waals surface area contributed by atoms with Crippen LogP contribution in [-0.4, -0.2) is 18.7 Å². The van der Waals surface area contributed by atoms with Crippen LogP contribution in [0.1, 0.15) is 32.3 Å². The van der Waals surface area contributed by atoms with E-state index in [1.807, 2.05) is 12.1 Å². The fourth-order valence-electron chi connectivity index (χ4n) is 1.83. The first-order valence-corrected chi connectivity index (χ1v) is 5.53. The average molecular weight is 205 g/mol. The lowest BCUT2D eigenvalue weighted by atomic mass is 10.00. The van der Waals surface area contributed by atoms with Crippen LogP contribution in [0.15, 0.2) is 24.3 Å². The van der Waals surface area contributed by atoms with Gasteiger partial charge in [0.1, 0.15) is 5.75 Å². The molecule has 0 radical (unpaired) electrons. The van der Waals surface area contributed by atoms with Gasteiger partial charge in [-0.1, -0.05) is 18.2 Å². The topological polar surface area (TPSA) is 21.3 Å². The summed E-state index contributed by atoms with van der Waals surface area (Å²) in [6.07, 6.45) is 0. The number of hydrogen-bond acceptors (Lipinski definition) is 2. The molecule has 0 aromatic heterocycles. The van der Waals surface area contributed by atoms with Gasteiger partial charge in [0, 0.05) is 23.6 Å². The monoisotopic (exact) mass is 205 g/mol. The lowest BCUT2D eigenvalue weighted by Crippen LogP contribution is -2.38. The first kappa shape index (κ1) is 10.5. The molecule has 1 aliphatic rings. The summed E-state index contributed by atoms with van der Waals surface area (Å²) in [7, 11) is 0. The Morgan fingerprint density at radius 2 is 2.07 bits per heavy atom. The van der Waals surface area contributed by atoms with E-state index in [-0.39, 0.29) is 5.54 Å². The summed E-state index contributed by atoms with van der Waals surface area (Å²) in [4.78, 5) is 0. The van der Waals surface area contributed by atoms with Gasteiger partial charge in [-0.15, -0.1) is 0 Å². The smallest absolute Gasteiger partial charge is 0.122 e. The summed E-state index contributed by atoms with van der Waals surface area (Å²) in [6.45, 7) is 8.36. The van der Waals surface area contributed by atoms with Crippen molar-refractivity contribution in [3.8, 4) is 5.75 Å². The molecule has 1 heterocycles. The lowest BCUT2D eigenvalue weighted by molar-refractivity contribution is 0.313. The van der Waals surface area contributed by atoms with Crippen molar-refractivity contribution in [3.63, 3.8) is 0 Å². The highest BCUT2D eigenvalue weighted by atomic mass is 16.5. The predicted octanol–water partition coefficient (Wildman–Crippen LogP) is 2.55. The molecule has 0 fully saturated rings. The quantitative estimate of drug-likeness (QED) is 0.801. The SMILES string of the molecule is CC(C)(C)NCC1COc2ccccc21. The van der Waals surface area contributed by atoms with Gasteiger partial charge in [-0.3, -0.25) is 0 Å². The Balaban J connectivity index is 2.02. The Bertz CT molecular complexity index is 341. The summed E-state index contributed by atoms with van der Waals surface area (Å²) in [5.41, 5.74) is 1.52. The standard InChI is InChI=1S/C13H19NO/c1-13(2,3)14-8-10-9-15-12-7-5-4-6-11(10)12/h4-7,10,14H,8-9H2,1-3H3. The fourth-order valence-corrected chi connectivity index (χ4v) is 1.83. The Hall–Kier alpha value is -1.02. The molecule has 0 amide bonds. The second-order valence-electron chi connectivity index (χ2n) is 5.18. The largest absolute Gasteiger partial charge is 0.493 e. The Morgan fingerprint density at radius 1 is 1.33 bits per heavy atom. The van der Waals surface area contributed by atoms with Crippen molar-refractivity contribution < 1.29 is 4.74 Å². The maximum absolute atomic E-state index is 5.64. The zero-order valence-corrected chi connectivity index (χ0v) is 9.71. The molecule has 0 spiro atoms. The van der Waals surface area contributed by atoms with Gasteiger partial charge in [0.15, 0.2) is 0 Å². The number of para-hydroxylation sites is 1. The predicted molar refractivity (Wildman–Crippen MR) is 62.4 cm³/mol. The summed E-state index contributed by atoms with van der Waals surface area (Å²) < 4.78 is 5.64. The van der Waals surface area contributed by atoms with Gasteiger partial charge in [0.25, 0.3) is 0 Å². The van der Waals surface area contributed by atoms with Gasteiger partial charge in [-0.2, -0.15) is 0 Å². The molecular formula is C13H19NO. The third kappa shape index (κ3) is 2.51. The van der Waals surface area contributed by atoms with E-state index in [0.29, 0.717) is 5.92 Å². The van der Waals surface area contributed by atoms with Crippen LogP contribution in [-0.2, 0) is 0 Å². The minimum absolute atomic E-state index is 0.178. The molecule has 1 unspecified atom stereocenters. The van der Waals surface area contributed by atoms with Crippen LogP contribution in [0.5, 0.6) is 5.75 Å². The Labute approximate surface area is 91.6 Å². The Kier molecular flexibility index (Phi) is 2.70. The van der Waals surface area contributed by atoms with Gasteiger partial charge in [0.2, 0.25) is 0 Å². The molecule has 1 aromatic rings. The maximum atomic E-state index is 5.64. The highest BCUT2D eigenvalue weighted by Gasteiger charge is 2.24.